The number of unbranched alkanes of at least 4 members (excludes halogenated alkanes) is 1. The average Bonchev–Trinajstić information content (AvgIpc) is 2.40. The molecule has 0 bridgehead atoms. The van der Waals surface area contributed by atoms with E-state index in [4.69, 9.17) is 4.74 Å². The molecule has 0 saturated heterocycles. The predicted molar refractivity (Wildman–Crippen MR) is 81.8 cm³/mol. The summed E-state index contributed by atoms with van der Waals surface area (Å²) in [6.45, 7) is 9.54. The zero-order valence-electron chi connectivity index (χ0n) is 12.8. The van der Waals surface area contributed by atoms with Crippen LogP contribution in [0.1, 0.15) is 53.4 Å². The third kappa shape index (κ3) is 5.95. The lowest BCUT2D eigenvalue weighted by Crippen LogP contribution is -2.16. The molecule has 1 heterocycles. The van der Waals surface area contributed by atoms with E-state index >= 15 is 0 Å². The molecule has 108 valence electrons. The van der Waals surface area contributed by atoms with Crippen LogP contribution in [0.25, 0.3) is 0 Å². The highest BCUT2D eigenvalue weighted by molar-refractivity contribution is 5.49. The molecule has 3 nitrogen and oxygen atoms in total. The van der Waals surface area contributed by atoms with Gasteiger partial charge >= 0.3 is 0 Å². The van der Waals surface area contributed by atoms with Gasteiger partial charge in [-0.1, -0.05) is 33.1 Å². The highest BCUT2D eigenvalue weighted by Gasteiger charge is 2.09. The first kappa shape index (κ1) is 15.8. The summed E-state index contributed by atoms with van der Waals surface area (Å²) in [5.41, 5.74) is 0. The largest absolute Gasteiger partial charge is 0.487 e. The molecule has 0 spiro atoms. The summed E-state index contributed by atoms with van der Waals surface area (Å²) in [7, 11) is 0. The first-order chi connectivity index (χ1) is 9.17. The van der Waals surface area contributed by atoms with E-state index in [-0.39, 0.29) is 6.10 Å². The van der Waals surface area contributed by atoms with Crippen LogP contribution in [0.15, 0.2) is 18.3 Å². The Balaban J connectivity index is 2.55. The maximum Gasteiger partial charge on any atom is 0.168 e. The molecule has 0 radical (unpaired) electrons. The predicted octanol–water partition coefficient (Wildman–Crippen LogP) is 4.50. The Morgan fingerprint density at radius 3 is 2.74 bits per heavy atom. The number of hydrogen-bond acceptors (Lipinski definition) is 3. The fourth-order valence-electron chi connectivity index (χ4n) is 2.06. The summed E-state index contributed by atoms with van der Waals surface area (Å²) in [6.07, 6.45) is 7.04. The molecule has 0 aliphatic carbocycles. The van der Waals surface area contributed by atoms with Gasteiger partial charge in [-0.05, 0) is 38.3 Å². The maximum atomic E-state index is 5.77. The summed E-state index contributed by atoms with van der Waals surface area (Å²) < 4.78 is 5.77. The van der Waals surface area contributed by atoms with E-state index in [0.717, 1.165) is 18.1 Å². The van der Waals surface area contributed by atoms with E-state index in [1.165, 1.54) is 25.7 Å². The van der Waals surface area contributed by atoms with E-state index in [0.29, 0.717) is 5.92 Å². The number of anilines is 1. The van der Waals surface area contributed by atoms with Crippen molar-refractivity contribution >= 4 is 5.82 Å². The van der Waals surface area contributed by atoms with Crippen LogP contribution in [0.5, 0.6) is 5.75 Å². The Bertz CT molecular complexity index is 352. The molecular weight excluding hydrogens is 236 g/mol. The Morgan fingerprint density at radius 2 is 2.11 bits per heavy atom. The monoisotopic (exact) mass is 264 g/mol. The van der Waals surface area contributed by atoms with Gasteiger partial charge in [0.05, 0.1) is 6.10 Å². The molecule has 1 atom stereocenters. The fourth-order valence-corrected chi connectivity index (χ4v) is 2.06. The summed E-state index contributed by atoms with van der Waals surface area (Å²) in [5, 5.41) is 3.44. The summed E-state index contributed by atoms with van der Waals surface area (Å²) >= 11 is 0. The van der Waals surface area contributed by atoms with Crippen LogP contribution in [0.4, 0.5) is 5.82 Å². The Hall–Kier alpha value is -1.25. The van der Waals surface area contributed by atoms with E-state index in [9.17, 15) is 0 Å². The second-order valence-electron chi connectivity index (χ2n) is 5.31. The van der Waals surface area contributed by atoms with Gasteiger partial charge in [0, 0.05) is 12.7 Å². The Labute approximate surface area is 117 Å². The first-order valence-electron chi connectivity index (χ1n) is 7.52. The second kappa shape index (κ2) is 8.78. The Morgan fingerprint density at radius 1 is 1.32 bits per heavy atom. The molecule has 0 aliphatic heterocycles. The molecule has 1 N–H and O–H groups in total. The molecule has 0 aromatic carbocycles. The number of hydrogen-bond donors (Lipinski definition) is 1. The van der Waals surface area contributed by atoms with Gasteiger partial charge in [-0.3, -0.25) is 0 Å². The van der Waals surface area contributed by atoms with Crippen molar-refractivity contribution < 1.29 is 4.74 Å². The van der Waals surface area contributed by atoms with Gasteiger partial charge in [-0.2, -0.15) is 0 Å². The van der Waals surface area contributed by atoms with Crippen LogP contribution in [0, 0.1) is 5.92 Å². The SMILES string of the molecule is CCCCC(CC)CNc1ncccc1OC(C)C. The molecular formula is C16H28N2O. The summed E-state index contributed by atoms with van der Waals surface area (Å²) in [5.74, 6) is 2.43. The molecule has 1 aromatic heterocycles. The van der Waals surface area contributed by atoms with Crippen molar-refractivity contribution in [2.75, 3.05) is 11.9 Å². The zero-order chi connectivity index (χ0) is 14.1. The van der Waals surface area contributed by atoms with Gasteiger partial charge in [-0.15, -0.1) is 0 Å². The summed E-state index contributed by atoms with van der Waals surface area (Å²) in [4.78, 5) is 4.38. The number of aromatic nitrogens is 1. The van der Waals surface area contributed by atoms with Crippen molar-refractivity contribution in [1.82, 2.24) is 4.98 Å². The van der Waals surface area contributed by atoms with Crippen LogP contribution >= 0.6 is 0 Å². The standard InChI is InChI=1S/C16H28N2O/c1-5-7-9-14(6-2)12-18-16-15(19-13(3)4)10-8-11-17-16/h8,10-11,13-14H,5-7,9,12H2,1-4H3,(H,17,18). The van der Waals surface area contributed by atoms with Crippen LogP contribution in [-0.2, 0) is 0 Å². The quantitative estimate of drug-likeness (QED) is 0.713. The minimum Gasteiger partial charge on any atom is -0.487 e. The smallest absolute Gasteiger partial charge is 0.168 e. The lowest BCUT2D eigenvalue weighted by molar-refractivity contribution is 0.242. The normalized spacial score (nSPS) is 12.5. The van der Waals surface area contributed by atoms with Gasteiger partial charge in [-0.25, -0.2) is 4.98 Å². The van der Waals surface area contributed by atoms with E-state index < -0.39 is 0 Å². The van der Waals surface area contributed by atoms with Crippen molar-refractivity contribution in [3.63, 3.8) is 0 Å². The number of rotatable bonds is 9. The van der Waals surface area contributed by atoms with Gasteiger partial charge < -0.3 is 10.1 Å². The van der Waals surface area contributed by atoms with Crippen LogP contribution in [0.2, 0.25) is 0 Å². The molecule has 19 heavy (non-hydrogen) atoms. The topological polar surface area (TPSA) is 34.2 Å². The highest BCUT2D eigenvalue weighted by atomic mass is 16.5. The minimum absolute atomic E-state index is 0.173. The first-order valence-corrected chi connectivity index (χ1v) is 7.52. The van der Waals surface area contributed by atoms with Gasteiger partial charge in [0.2, 0.25) is 0 Å². The van der Waals surface area contributed by atoms with Crippen LogP contribution in [0.3, 0.4) is 0 Å². The summed E-state index contributed by atoms with van der Waals surface area (Å²) in [6, 6.07) is 3.89. The maximum absolute atomic E-state index is 5.77. The van der Waals surface area contributed by atoms with E-state index in [1.807, 2.05) is 32.2 Å². The van der Waals surface area contributed by atoms with Crippen molar-refractivity contribution in [2.45, 2.75) is 59.5 Å². The fraction of sp³-hybridized carbons (Fsp3) is 0.688. The van der Waals surface area contributed by atoms with Crippen LogP contribution in [-0.4, -0.2) is 17.6 Å². The molecule has 1 aromatic rings. The third-order valence-electron chi connectivity index (χ3n) is 3.23. The Kier molecular flexibility index (Phi) is 7.31. The minimum atomic E-state index is 0.173. The van der Waals surface area contributed by atoms with Gasteiger partial charge in [0.1, 0.15) is 0 Å². The number of pyridine rings is 1. The highest BCUT2D eigenvalue weighted by Crippen LogP contribution is 2.23. The second-order valence-corrected chi connectivity index (χ2v) is 5.31. The van der Waals surface area contributed by atoms with E-state index in [1.54, 1.807) is 0 Å². The molecule has 0 aliphatic rings. The van der Waals surface area contributed by atoms with Crippen molar-refractivity contribution in [1.29, 1.82) is 0 Å². The van der Waals surface area contributed by atoms with Crippen molar-refractivity contribution in [2.24, 2.45) is 5.92 Å². The molecule has 0 fully saturated rings. The average molecular weight is 264 g/mol. The van der Waals surface area contributed by atoms with Crippen molar-refractivity contribution in [3.05, 3.63) is 18.3 Å². The molecule has 3 heteroatoms. The lowest BCUT2D eigenvalue weighted by atomic mass is 9.99. The van der Waals surface area contributed by atoms with Crippen LogP contribution < -0.4 is 10.1 Å². The number of nitrogens with one attached hydrogen (secondary N) is 1. The molecule has 1 rings (SSSR count). The number of nitrogens with zero attached hydrogens (tertiary/aromatic N) is 1. The van der Waals surface area contributed by atoms with E-state index in [2.05, 4.69) is 24.1 Å². The number of ether oxygens (including phenoxy) is 1. The van der Waals surface area contributed by atoms with Crippen molar-refractivity contribution in [3.8, 4) is 5.75 Å². The zero-order valence-corrected chi connectivity index (χ0v) is 12.8. The molecule has 1 unspecified atom stereocenters. The van der Waals surface area contributed by atoms with Gasteiger partial charge in [0.15, 0.2) is 11.6 Å². The third-order valence-corrected chi connectivity index (χ3v) is 3.23. The molecule has 0 amide bonds. The molecule has 0 saturated carbocycles. The van der Waals surface area contributed by atoms with Gasteiger partial charge in [0.25, 0.3) is 0 Å². The lowest BCUT2D eigenvalue weighted by Gasteiger charge is -2.18.